The first-order valence-corrected chi connectivity index (χ1v) is 6.18. The van der Waals surface area contributed by atoms with Crippen molar-refractivity contribution in [1.82, 2.24) is 4.90 Å². The van der Waals surface area contributed by atoms with Crippen LogP contribution in [0.25, 0.3) is 0 Å². The highest BCUT2D eigenvalue weighted by Gasteiger charge is 2.25. The first-order chi connectivity index (χ1) is 7.58. The minimum absolute atomic E-state index is 0. The van der Waals surface area contributed by atoms with Gasteiger partial charge < -0.3 is 10.6 Å². The Morgan fingerprint density at radius 2 is 2.24 bits per heavy atom. The molecule has 3 nitrogen and oxygen atoms in total. The van der Waals surface area contributed by atoms with E-state index < -0.39 is 0 Å². The third-order valence-electron chi connectivity index (χ3n) is 2.94. The van der Waals surface area contributed by atoms with Crippen molar-refractivity contribution < 1.29 is 4.79 Å². The number of hydrogen-bond donors (Lipinski definition) is 1. The number of hydrogen-bond acceptors (Lipinski definition) is 2. The van der Waals surface area contributed by atoms with Crippen LogP contribution in [-0.2, 0) is 0 Å². The van der Waals surface area contributed by atoms with Crippen molar-refractivity contribution in [3.63, 3.8) is 0 Å². The molecule has 1 aliphatic heterocycles. The van der Waals surface area contributed by atoms with Crippen molar-refractivity contribution >= 4 is 34.2 Å². The molecular weight excluding hydrogens is 304 g/mol. The van der Waals surface area contributed by atoms with Crippen molar-refractivity contribution in [3.8, 4) is 0 Å². The molecule has 17 heavy (non-hydrogen) atoms. The van der Waals surface area contributed by atoms with Gasteiger partial charge in [0.1, 0.15) is 0 Å². The van der Waals surface area contributed by atoms with Crippen LogP contribution in [0.2, 0.25) is 0 Å². The largest absolute Gasteiger partial charge is 0.337 e. The molecule has 94 valence electrons. The summed E-state index contributed by atoms with van der Waals surface area (Å²) in [5, 5.41) is 0. The van der Waals surface area contributed by atoms with E-state index in [4.69, 9.17) is 5.73 Å². The van der Waals surface area contributed by atoms with Crippen molar-refractivity contribution in [2.75, 3.05) is 13.1 Å². The van der Waals surface area contributed by atoms with Crippen LogP contribution in [0.15, 0.2) is 22.7 Å². The fraction of sp³-hybridized carbons (Fsp3) is 0.417. The molecule has 1 aromatic carbocycles. The van der Waals surface area contributed by atoms with E-state index in [-0.39, 0.29) is 24.4 Å². The second-order valence-corrected chi connectivity index (χ2v) is 5.17. The van der Waals surface area contributed by atoms with E-state index in [0.29, 0.717) is 6.54 Å². The summed E-state index contributed by atoms with van der Waals surface area (Å²) in [6.07, 6.45) is 0.902. The number of halogens is 2. The quantitative estimate of drug-likeness (QED) is 0.863. The van der Waals surface area contributed by atoms with Crippen LogP contribution < -0.4 is 5.73 Å². The Balaban J connectivity index is 0.00000144. The zero-order chi connectivity index (χ0) is 11.7. The minimum atomic E-state index is 0. The van der Waals surface area contributed by atoms with Gasteiger partial charge in [-0.2, -0.15) is 0 Å². The van der Waals surface area contributed by atoms with Gasteiger partial charge in [-0.25, -0.2) is 0 Å². The molecule has 0 aromatic heterocycles. The summed E-state index contributed by atoms with van der Waals surface area (Å²) >= 11 is 3.39. The van der Waals surface area contributed by atoms with Gasteiger partial charge in [-0.3, -0.25) is 4.79 Å². The van der Waals surface area contributed by atoms with Crippen LogP contribution in [0.5, 0.6) is 0 Å². The SMILES string of the molecule is Cc1ccc(Br)cc1C(=O)N1CC[C@H](N)C1.Cl. The lowest BCUT2D eigenvalue weighted by Crippen LogP contribution is -2.32. The molecule has 2 N–H and O–H groups in total. The monoisotopic (exact) mass is 318 g/mol. The average molecular weight is 320 g/mol. The number of aryl methyl sites for hydroxylation is 1. The second-order valence-electron chi connectivity index (χ2n) is 4.26. The van der Waals surface area contributed by atoms with Crippen molar-refractivity contribution in [2.24, 2.45) is 5.73 Å². The molecule has 0 unspecified atom stereocenters. The standard InChI is InChI=1S/C12H15BrN2O.ClH/c1-8-2-3-9(13)6-11(8)12(16)15-5-4-10(14)7-15;/h2-3,6,10H,4-5,7,14H2,1H3;1H/t10-;/m0./s1. The van der Waals surface area contributed by atoms with Gasteiger partial charge >= 0.3 is 0 Å². The summed E-state index contributed by atoms with van der Waals surface area (Å²) in [5.74, 6) is 0.0896. The molecule has 2 rings (SSSR count). The molecule has 0 saturated carbocycles. The second kappa shape index (κ2) is 5.85. The van der Waals surface area contributed by atoms with Crippen LogP contribution in [0.1, 0.15) is 22.3 Å². The molecular formula is C12H16BrClN2O. The number of nitrogens with zero attached hydrogens (tertiary/aromatic N) is 1. The minimum Gasteiger partial charge on any atom is -0.337 e. The Hall–Kier alpha value is -0.580. The number of carbonyl (C=O) groups is 1. The average Bonchev–Trinajstić information content (AvgIpc) is 2.67. The van der Waals surface area contributed by atoms with Crippen LogP contribution in [0.3, 0.4) is 0 Å². The molecule has 0 aliphatic carbocycles. The maximum Gasteiger partial charge on any atom is 0.254 e. The van der Waals surface area contributed by atoms with Crippen molar-refractivity contribution in [2.45, 2.75) is 19.4 Å². The Bertz CT molecular complexity index is 425. The van der Waals surface area contributed by atoms with Gasteiger partial charge in [0.2, 0.25) is 0 Å². The number of benzene rings is 1. The lowest BCUT2D eigenvalue weighted by molar-refractivity contribution is 0.0790. The predicted molar refractivity (Wildman–Crippen MR) is 74.6 cm³/mol. The van der Waals surface area contributed by atoms with E-state index in [1.807, 2.05) is 30.0 Å². The van der Waals surface area contributed by atoms with Gasteiger partial charge in [0, 0.05) is 29.2 Å². The predicted octanol–water partition coefficient (Wildman–Crippen LogP) is 2.35. The summed E-state index contributed by atoms with van der Waals surface area (Å²) in [6, 6.07) is 5.91. The summed E-state index contributed by atoms with van der Waals surface area (Å²) in [6.45, 7) is 3.40. The summed E-state index contributed by atoms with van der Waals surface area (Å²) in [7, 11) is 0. The van der Waals surface area contributed by atoms with Gasteiger partial charge in [-0.1, -0.05) is 22.0 Å². The van der Waals surface area contributed by atoms with E-state index in [1.165, 1.54) is 0 Å². The zero-order valence-corrected chi connectivity index (χ0v) is 12.1. The number of amides is 1. The lowest BCUT2D eigenvalue weighted by atomic mass is 10.1. The fourth-order valence-electron chi connectivity index (χ4n) is 1.97. The molecule has 5 heteroatoms. The Morgan fingerprint density at radius 1 is 1.53 bits per heavy atom. The van der Waals surface area contributed by atoms with Gasteiger partial charge in [0.25, 0.3) is 5.91 Å². The molecule has 1 heterocycles. The Kier molecular flexibility index (Phi) is 4.98. The third kappa shape index (κ3) is 3.21. The van der Waals surface area contributed by atoms with Gasteiger partial charge in [0.15, 0.2) is 0 Å². The van der Waals surface area contributed by atoms with Crippen LogP contribution in [0, 0.1) is 6.92 Å². The Labute approximate surface area is 116 Å². The molecule has 1 saturated heterocycles. The van der Waals surface area contributed by atoms with Gasteiger partial charge in [-0.15, -0.1) is 12.4 Å². The van der Waals surface area contributed by atoms with Gasteiger partial charge in [0.05, 0.1) is 0 Å². The highest BCUT2D eigenvalue weighted by molar-refractivity contribution is 9.10. The highest BCUT2D eigenvalue weighted by Crippen LogP contribution is 2.19. The number of likely N-dealkylation sites (tertiary alicyclic amines) is 1. The first-order valence-electron chi connectivity index (χ1n) is 5.39. The van der Waals surface area contributed by atoms with Gasteiger partial charge in [-0.05, 0) is 31.0 Å². The first kappa shape index (κ1) is 14.5. The van der Waals surface area contributed by atoms with E-state index in [0.717, 1.165) is 28.6 Å². The van der Waals surface area contributed by atoms with E-state index in [9.17, 15) is 4.79 Å². The normalized spacial score (nSPS) is 19.0. The van der Waals surface area contributed by atoms with E-state index in [2.05, 4.69) is 15.9 Å². The molecule has 0 radical (unpaired) electrons. The summed E-state index contributed by atoms with van der Waals surface area (Å²) < 4.78 is 0.935. The summed E-state index contributed by atoms with van der Waals surface area (Å²) in [4.78, 5) is 14.0. The number of rotatable bonds is 1. The summed E-state index contributed by atoms with van der Waals surface area (Å²) in [5.41, 5.74) is 7.58. The molecule has 1 fully saturated rings. The molecule has 1 atom stereocenters. The molecule has 0 bridgehead atoms. The smallest absolute Gasteiger partial charge is 0.254 e. The fourth-order valence-corrected chi connectivity index (χ4v) is 2.33. The maximum atomic E-state index is 12.2. The van der Waals surface area contributed by atoms with Crippen molar-refractivity contribution in [1.29, 1.82) is 0 Å². The van der Waals surface area contributed by atoms with Crippen LogP contribution in [0.4, 0.5) is 0 Å². The van der Waals surface area contributed by atoms with Crippen molar-refractivity contribution in [3.05, 3.63) is 33.8 Å². The molecule has 1 aliphatic rings. The topological polar surface area (TPSA) is 46.3 Å². The lowest BCUT2D eigenvalue weighted by Gasteiger charge is -2.17. The molecule has 0 spiro atoms. The number of carbonyl (C=O) groups excluding carboxylic acids is 1. The number of nitrogens with two attached hydrogens (primary N) is 1. The van der Waals surface area contributed by atoms with E-state index in [1.54, 1.807) is 0 Å². The van der Waals surface area contributed by atoms with Crippen LogP contribution >= 0.6 is 28.3 Å². The third-order valence-corrected chi connectivity index (χ3v) is 3.44. The van der Waals surface area contributed by atoms with Crippen LogP contribution in [-0.4, -0.2) is 29.9 Å². The highest BCUT2D eigenvalue weighted by atomic mass is 79.9. The molecule has 1 amide bonds. The molecule has 1 aromatic rings. The zero-order valence-electron chi connectivity index (χ0n) is 9.65. The maximum absolute atomic E-state index is 12.2. The van der Waals surface area contributed by atoms with E-state index >= 15 is 0 Å². The Morgan fingerprint density at radius 3 is 2.82 bits per heavy atom.